The van der Waals surface area contributed by atoms with Crippen LogP contribution < -0.4 is 0 Å². The van der Waals surface area contributed by atoms with Crippen LogP contribution >= 0.6 is 0 Å². The van der Waals surface area contributed by atoms with Crippen molar-refractivity contribution >= 4 is 0 Å². The largest absolute Gasteiger partial charge is 0.424 e. The van der Waals surface area contributed by atoms with Gasteiger partial charge < -0.3 is 8.98 Å². The van der Waals surface area contributed by atoms with Gasteiger partial charge in [0.1, 0.15) is 11.8 Å². The third-order valence-corrected chi connectivity index (χ3v) is 6.32. The van der Waals surface area contributed by atoms with Gasteiger partial charge in [-0.05, 0) is 43.2 Å². The van der Waals surface area contributed by atoms with Gasteiger partial charge in [0.2, 0.25) is 11.8 Å². The predicted molar refractivity (Wildman–Crippen MR) is 90.7 cm³/mol. The molecule has 6 heteroatoms. The zero-order chi connectivity index (χ0) is 17.0. The second kappa shape index (κ2) is 5.43. The van der Waals surface area contributed by atoms with E-state index in [2.05, 4.69) is 27.4 Å². The Morgan fingerprint density at radius 1 is 1.36 bits per heavy atom. The SMILES string of the molecule is Cn1cc(CN2C[C@@H]3CCC[C@]3(c3nnc(C4CC4)o3)C2)cc1C#N. The van der Waals surface area contributed by atoms with E-state index in [1.807, 2.05) is 17.7 Å². The Labute approximate surface area is 147 Å². The fraction of sp³-hybridized carbons (Fsp3) is 0.632. The topological polar surface area (TPSA) is 70.9 Å². The number of nitrogens with zero attached hydrogens (tertiary/aromatic N) is 5. The van der Waals surface area contributed by atoms with Crippen molar-refractivity contribution in [1.29, 1.82) is 5.26 Å². The summed E-state index contributed by atoms with van der Waals surface area (Å²) in [5.41, 5.74) is 1.97. The maximum atomic E-state index is 9.15. The molecule has 0 spiro atoms. The molecule has 0 N–H and O–H groups in total. The Hall–Kier alpha value is -2.13. The second-order valence-corrected chi connectivity index (χ2v) is 8.09. The highest BCUT2D eigenvalue weighted by Gasteiger charge is 2.54. The van der Waals surface area contributed by atoms with Crippen molar-refractivity contribution in [3.63, 3.8) is 0 Å². The van der Waals surface area contributed by atoms with Crippen LogP contribution in [0.1, 0.15) is 61.1 Å². The number of aromatic nitrogens is 3. The summed E-state index contributed by atoms with van der Waals surface area (Å²) in [5.74, 6) is 2.86. The molecule has 3 heterocycles. The number of nitriles is 1. The number of aryl methyl sites for hydroxylation is 1. The highest BCUT2D eigenvalue weighted by molar-refractivity contribution is 5.29. The van der Waals surface area contributed by atoms with Crippen LogP contribution in [0.3, 0.4) is 0 Å². The molecule has 0 radical (unpaired) electrons. The lowest BCUT2D eigenvalue weighted by atomic mass is 9.80. The van der Waals surface area contributed by atoms with E-state index >= 15 is 0 Å². The van der Waals surface area contributed by atoms with Crippen molar-refractivity contribution < 1.29 is 4.42 Å². The molecule has 0 bridgehead atoms. The fourth-order valence-corrected chi connectivity index (χ4v) is 4.88. The average Bonchev–Trinajstić information content (AvgIpc) is 2.95. The lowest BCUT2D eigenvalue weighted by Gasteiger charge is -2.24. The van der Waals surface area contributed by atoms with E-state index in [4.69, 9.17) is 9.68 Å². The molecule has 1 saturated heterocycles. The molecule has 2 atom stereocenters. The van der Waals surface area contributed by atoms with Crippen LogP contribution in [0.4, 0.5) is 0 Å². The maximum Gasteiger partial charge on any atom is 0.224 e. The minimum atomic E-state index is 0.0486. The van der Waals surface area contributed by atoms with Gasteiger partial charge in [-0.2, -0.15) is 5.26 Å². The Morgan fingerprint density at radius 3 is 3.00 bits per heavy atom. The van der Waals surface area contributed by atoms with E-state index in [9.17, 15) is 0 Å². The molecular formula is C19H23N5O. The predicted octanol–water partition coefficient (Wildman–Crippen LogP) is 2.71. The molecule has 0 amide bonds. The lowest BCUT2D eigenvalue weighted by molar-refractivity contribution is 0.263. The Kier molecular flexibility index (Phi) is 3.29. The van der Waals surface area contributed by atoms with E-state index < -0.39 is 0 Å². The zero-order valence-corrected chi connectivity index (χ0v) is 14.6. The maximum absolute atomic E-state index is 9.15. The van der Waals surface area contributed by atoms with E-state index in [0.717, 1.165) is 43.5 Å². The van der Waals surface area contributed by atoms with E-state index in [1.54, 1.807) is 0 Å². The van der Waals surface area contributed by atoms with E-state index in [-0.39, 0.29) is 5.41 Å². The molecule has 2 aliphatic carbocycles. The zero-order valence-electron chi connectivity index (χ0n) is 14.6. The smallest absolute Gasteiger partial charge is 0.224 e. The van der Waals surface area contributed by atoms with Crippen molar-refractivity contribution in [1.82, 2.24) is 19.7 Å². The summed E-state index contributed by atoms with van der Waals surface area (Å²) >= 11 is 0. The van der Waals surface area contributed by atoms with Crippen molar-refractivity contribution in [3.05, 3.63) is 35.3 Å². The van der Waals surface area contributed by atoms with Gasteiger partial charge in [-0.25, -0.2) is 0 Å². The summed E-state index contributed by atoms with van der Waals surface area (Å²) in [6, 6.07) is 4.24. The van der Waals surface area contributed by atoms with Gasteiger partial charge in [0.15, 0.2) is 0 Å². The molecule has 2 saturated carbocycles. The summed E-state index contributed by atoms with van der Waals surface area (Å²) in [5, 5.41) is 18.0. The first-order valence-electron chi connectivity index (χ1n) is 9.29. The molecule has 3 fully saturated rings. The van der Waals surface area contributed by atoms with Gasteiger partial charge in [-0.15, -0.1) is 10.2 Å². The number of hydrogen-bond donors (Lipinski definition) is 0. The van der Waals surface area contributed by atoms with Gasteiger partial charge >= 0.3 is 0 Å². The van der Waals surface area contributed by atoms with Crippen molar-refractivity contribution in [3.8, 4) is 6.07 Å². The number of rotatable bonds is 4. The van der Waals surface area contributed by atoms with Gasteiger partial charge in [-0.1, -0.05) is 6.42 Å². The molecule has 2 aromatic rings. The molecule has 130 valence electrons. The molecule has 2 aromatic heterocycles. The molecule has 3 aliphatic rings. The quantitative estimate of drug-likeness (QED) is 0.858. The molecule has 0 unspecified atom stereocenters. The Morgan fingerprint density at radius 2 is 2.24 bits per heavy atom. The Balaban J connectivity index is 1.38. The second-order valence-electron chi connectivity index (χ2n) is 8.09. The first-order chi connectivity index (χ1) is 12.2. The molecule has 6 nitrogen and oxygen atoms in total. The monoisotopic (exact) mass is 337 g/mol. The van der Waals surface area contributed by atoms with Crippen LogP contribution in [0.2, 0.25) is 0 Å². The summed E-state index contributed by atoms with van der Waals surface area (Å²) in [6.07, 6.45) is 8.11. The third-order valence-electron chi connectivity index (χ3n) is 6.32. The third kappa shape index (κ3) is 2.41. The number of hydrogen-bond acceptors (Lipinski definition) is 5. The molecule has 0 aromatic carbocycles. The van der Waals surface area contributed by atoms with Gasteiger partial charge in [0.05, 0.1) is 5.41 Å². The number of fused-ring (bicyclic) bond motifs is 1. The van der Waals surface area contributed by atoms with Crippen LogP contribution in [-0.2, 0) is 19.0 Å². The van der Waals surface area contributed by atoms with Gasteiger partial charge in [0, 0.05) is 38.8 Å². The Bertz CT molecular complexity index is 842. The van der Waals surface area contributed by atoms with Crippen molar-refractivity contribution in [2.24, 2.45) is 13.0 Å². The normalized spacial score (nSPS) is 29.0. The fourth-order valence-electron chi connectivity index (χ4n) is 4.88. The van der Waals surface area contributed by atoms with E-state index in [0.29, 0.717) is 11.8 Å². The summed E-state index contributed by atoms with van der Waals surface area (Å²) < 4.78 is 8.04. The molecule has 1 aliphatic heterocycles. The van der Waals surface area contributed by atoms with Crippen molar-refractivity contribution in [2.75, 3.05) is 13.1 Å². The van der Waals surface area contributed by atoms with Crippen LogP contribution in [-0.4, -0.2) is 32.8 Å². The van der Waals surface area contributed by atoms with Gasteiger partial charge in [0.25, 0.3) is 0 Å². The van der Waals surface area contributed by atoms with Gasteiger partial charge in [-0.3, -0.25) is 4.90 Å². The summed E-state index contributed by atoms with van der Waals surface area (Å²) in [6.45, 7) is 2.95. The molecule has 25 heavy (non-hydrogen) atoms. The molecule has 5 rings (SSSR count). The minimum Gasteiger partial charge on any atom is -0.424 e. The van der Waals surface area contributed by atoms with Crippen LogP contribution in [0, 0.1) is 17.2 Å². The minimum absolute atomic E-state index is 0.0486. The first-order valence-corrected chi connectivity index (χ1v) is 9.29. The highest BCUT2D eigenvalue weighted by atomic mass is 16.4. The highest BCUT2D eigenvalue weighted by Crippen LogP contribution is 2.51. The molecular weight excluding hydrogens is 314 g/mol. The van der Waals surface area contributed by atoms with Crippen LogP contribution in [0.15, 0.2) is 16.7 Å². The average molecular weight is 337 g/mol. The van der Waals surface area contributed by atoms with Crippen LogP contribution in [0.5, 0.6) is 0 Å². The summed E-state index contributed by atoms with van der Waals surface area (Å²) in [7, 11) is 1.93. The van der Waals surface area contributed by atoms with Crippen molar-refractivity contribution in [2.45, 2.75) is 50.0 Å². The lowest BCUT2D eigenvalue weighted by Crippen LogP contribution is -2.32. The van der Waals surface area contributed by atoms with E-state index in [1.165, 1.54) is 31.2 Å². The standard InChI is InChI=1S/C19H23N5O/c1-23-9-13(7-16(23)8-20)10-24-11-15-3-2-6-19(15,12-24)18-22-21-17(25-18)14-4-5-14/h7,9,14-15H,2-6,10-12H2,1H3/t15-,19-/m0/s1. The van der Waals surface area contributed by atoms with Crippen LogP contribution in [0.25, 0.3) is 0 Å². The number of likely N-dealkylation sites (tertiary alicyclic amines) is 1. The summed E-state index contributed by atoms with van der Waals surface area (Å²) in [4.78, 5) is 2.50. The first kappa shape index (κ1) is 15.2.